The molecule has 0 saturated carbocycles. The van der Waals surface area contributed by atoms with Crippen molar-refractivity contribution in [2.45, 2.75) is 33.1 Å². The number of fused-ring (bicyclic) bond motifs is 1. The number of carbonyl (C=O) groups excluding carboxylic acids is 1. The van der Waals surface area contributed by atoms with Crippen LogP contribution in [0.3, 0.4) is 0 Å². The van der Waals surface area contributed by atoms with Gasteiger partial charge in [-0.3, -0.25) is 4.79 Å². The summed E-state index contributed by atoms with van der Waals surface area (Å²) in [5.41, 5.74) is 6.69. The van der Waals surface area contributed by atoms with Gasteiger partial charge in [0.2, 0.25) is 0 Å². The summed E-state index contributed by atoms with van der Waals surface area (Å²) in [6.07, 6.45) is 0. The van der Waals surface area contributed by atoms with Crippen molar-refractivity contribution in [1.82, 2.24) is 5.43 Å². The number of rotatable bonds is 5. The highest BCUT2D eigenvalue weighted by Gasteiger charge is 2.13. The number of nitrogens with one attached hydrogen (secondary N) is 2. The zero-order valence-electron chi connectivity index (χ0n) is 16.9. The van der Waals surface area contributed by atoms with E-state index in [0.29, 0.717) is 0 Å². The highest BCUT2D eigenvalue weighted by Crippen LogP contribution is 2.22. The minimum atomic E-state index is -0.182. The van der Waals surface area contributed by atoms with Crippen molar-refractivity contribution < 1.29 is 4.79 Å². The molecule has 4 nitrogen and oxygen atoms in total. The normalized spacial score (nSPS) is 12.1. The van der Waals surface area contributed by atoms with Crippen molar-refractivity contribution in [3.8, 4) is 0 Å². The molecule has 0 bridgehead atoms. The number of anilines is 1. The smallest absolute Gasteiger partial charge is 0.259 e. The molecule has 0 aromatic heterocycles. The summed E-state index contributed by atoms with van der Waals surface area (Å²) < 4.78 is 0. The molecule has 3 aromatic carbocycles. The van der Waals surface area contributed by atoms with Gasteiger partial charge < -0.3 is 5.32 Å². The van der Waals surface area contributed by atoms with Gasteiger partial charge in [0.05, 0.1) is 12.3 Å². The Morgan fingerprint density at radius 3 is 2.29 bits per heavy atom. The van der Waals surface area contributed by atoms with Gasteiger partial charge in [0, 0.05) is 5.69 Å². The van der Waals surface area contributed by atoms with Crippen LogP contribution in [0, 0.1) is 0 Å². The van der Waals surface area contributed by atoms with E-state index in [2.05, 4.69) is 60.9 Å². The molecule has 0 aliphatic rings. The largest absolute Gasteiger partial charge is 0.376 e. The molecule has 0 unspecified atom stereocenters. The van der Waals surface area contributed by atoms with Crippen molar-refractivity contribution in [3.05, 3.63) is 77.9 Å². The lowest BCUT2D eigenvalue weighted by molar-refractivity contribution is -0.119. The quantitative estimate of drug-likeness (QED) is 0.483. The fourth-order valence-electron chi connectivity index (χ4n) is 2.94. The monoisotopic (exact) mass is 373 g/mol. The Kier molecular flexibility index (Phi) is 5.78. The van der Waals surface area contributed by atoms with E-state index in [4.69, 9.17) is 0 Å². The van der Waals surface area contributed by atoms with Gasteiger partial charge in [-0.05, 0) is 46.4 Å². The SMILES string of the molecule is CC(=NNC(=O)CNc1ccc2ccccc2c1)c1ccc(C(C)(C)C)cc1. The maximum absolute atomic E-state index is 12.1. The average Bonchev–Trinajstić information content (AvgIpc) is 2.69. The second kappa shape index (κ2) is 8.26. The van der Waals surface area contributed by atoms with E-state index < -0.39 is 0 Å². The van der Waals surface area contributed by atoms with Crippen LogP contribution < -0.4 is 10.7 Å². The van der Waals surface area contributed by atoms with Crippen LogP contribution in [-0.2, 0) is 10.2 Å². The summed E-state index contributed by atoms with van der Waals surface area (Å²) >= 11 is 0. The number of hydrogen-bond acceptors (Lipinski definition) is 3. The van der Waals surface area contributed by atoms with E-state index in [-0.39, 0.29) is 17.9 Å². The molecular formula is C24H27N3O. The Morgan fingerprint density at radius 1 is 0.929 bits per heavy atom. The van der Waals surface area contributed by atoms with Crippen molar-refractivity contribution >= 4 is 28.1 Å². The fraction of sp³-hybridized carbons (Fsp3) is 0.250. The van der Waals surface area contributed by atoms with Crippen LogP contribution >= 0.6 is 0 Å². The highest BCUT2D eigenvalue weighted by atomic mass is 16.2. The van der Waals surface area contributed by atoms with E-state index in [0.717, 1.165) is 22.3 Å². The van der Waals surface area contributed by atoms with E-state index in [1.165, 1.54) is 10.9 Å². The van der Waals surface area contributed by atoms with Crippen molar-refractivity contribution in [2.24, 2.45) is 5.10 Å². The molecule has 144 valence electrons. The van der Waals surface area contributed by atoms with Crippen LogP contribution in [0.1, 0.15) is 38.8 Å². The summed E-state index contributed by atoms with van der Waals surface area (Å²) in [5.74, 6) is -0.182. The number of hydrogen-bond donors (Lipinski definition) is 2. The summed E-state index contributed by atoms with van der Waals surface area (Å²) in [6.45, 7) is 8.62. The highest BCUT2D eigenvalue weighted by molar-refractivity contribution is 5.99. The Balaban J connectivity index is 1.56. The number of nitrogens with zero attached hydrogens (tertiary/aromatic N) is 1. The first-order valence-electron chi connectivity index (χ1n) is 9.50. The minimum Gasteiger partial charge on any atom is -0.376 e. The number of benzene rings is 3. The van der Waals surface area contributed by atoms with Crippen LogP contribution in [-0.4, -0.2) is 18.2 Å². The Hall–Kier alpha value is -3.14. The minimum absolute atomic E-state index is 0.117. The van der Waals surface area contributed by atoms with Gasteiger partial charge in [-0.1, -0.05) is 75.4 Å². The second-order valence-electron chi connectivity index (χ2n) is 7.98. The Labute approximate surface area is 166 Å². The number of hydrazone groups is 1. The molecule has 28 heavy (non-hydrogen) atoms. The summed E-state index contributed by atoms with van der Waals surface area (Å²) in [4.78, 5) is 12.1. The standard InChI is InChI=1S/C24H27N3O/c1-17(18-9-12-21(13-10-18)24(2,3)4)26-27-23(28)16-25-22-14-11-19-7-5-6-8-20(19)15-22/h5-15,25H,16H2,1-4H3,(H,27,28). The molecule has 0 aliphatic carbocycles. The molecule has 0 spiro atoms. The zero-order valence-corrected chi connectivity index (χ0v) is 16.9. The second-order valence-corrected chi connectivity index (χ2v) is 7.98. The summed E-state index contributed by atoms with van der Waals surface area (Å²) in [7, 11) is 0. The lowest BCUT2D eigenvalue weighted by Crippen LogP contribution is -2.26. The first-order valence-corrected chi connectivity index (χ1v) is 9.50. The topological polar surface area (TPSA) is 53.5 Å². The third-order valence-electron chi connectivity index (χ3n) is 4.72. The average molecular weight is 374 g/mol. The predicted molar refractivity (Wildman–Crippen MR) is 118 cm³/mol. The van der Waals surface area contributed by atoms with Crippen molar-refractivity contribution in [2.75, 3.05) is 11.9 Å². The molecule has 3 rings (SSSR count). The lowest BCUT2D eigenvalue weighted by Gasteiger charge is -2.19. The maximum Gasteiger partial charge on any atom is 0.259 e. The molecule has 2 N–H and O–H groups in total. The third-order valence-corrected chi connectivity index (χ3v) is 4.72. The Morgan fingerprint density at radius 2 is 1.61 bits per heavy atom. The molecule has 0 heterocycles. The van der Waals surface area contributed by atoms with E-state index in [1.54, 1.807) is 0 Å². The molecule has 3 aromatic rings. The summed E-state index contributed by atoms with van der Waals surface area (Å²) in [5, 5.41) is 9.68. The molecule has 0 radical (unpaired) electrons. The maximum atomic E-state index is 12.1. The van der Waals surface area contributed by atoms with Crippen molar-refractivity contribution in [1.29, 1.82) is 0 Å². The molecule has 1 amide bonds. The van der Waals surface area contributed by atoms with E-state index in [9.17, 15) is 4.79 Å². The van der Waals surface area contributed by atoms with Gasteiger partial charge in [0.25, 0.3) is 5.91 Å². The number of carbonyl (C=O) groups is 1. The van der Waals surface area contributed by atoms with Crippen molar-refractivity contribution in [3.63, 3.8) is 0 Å². The lowest BCUT2D eigenvalue weighted by atomic mass is 9.86. The molecule has 0 fully saturated rings. The first-order chi connectivity index (χ1) is 13.3. The van der Waals surface area contributed by atoms with Crippen LogP contribution in [0.25, 0.3) is 10.8 Å². The van der Waals surface area contributed by atoms with Gasteiger partial charge in [0.15, 0.2) is 0 Å². The molecule has 0 saturated heterocycles. The van der Waals surface area contributed by atoms with Gasteiger partial charge >= 0.3 is 0 Å². The zero-order chi connectivity index (χ0) is 20.1. The van der Waals surface area contributed by atoms with Gasteiger partial charge in [0.1, 0.15) is 0 Å². The fourth-order valence-corrected chi connectivity index (χ4v) is 2.94. The van der Waals surface area contributed by atoms with Crippen LogP contribution in [0.5, 0.6) is 0 Å². The van der Waals surface area contributed by atoms with E-state index >= 15 is 0 Å². The van der Waals surface area contributed by atoms with Gasteiger partial charge in [-0.2, -0.15) is 5.10 Å². The van der Waals surface area contributed by atoms with Gasteiger partial charge in [-0.15, -0.1) is 0 Å². The van der Waals surface area contributed by atoms with Crippen LogP contribution in [0.4, 0.5) is 5.69 Å². The van der Waals surface area contributed by atoms with E-state index in [1.807, 2.05) is 49.4 Å². The summed E-state index contributed by atoms with van der Waals surface area (Å²) in [6, 6.07) is 22.5. The van der Waals surface area contributed by atoms with Gasteiger partial charge in [-0.25, -0.2) is 5.43 Å². The van der Waals surface area contributed by atoms with Crippen LogP contribution in [0.15, 0.2) is 71.8 Å². The predicted octanol–water partition coefficient (Wildman–Crippen LogP) is 5.09. The molecule has 0 atom stereocenters. The van der Waals surface area contributed by atoms with Crippen LogP contribution in [0.2, 0.25) is 0 Å². The molecule has 0 aliphatic heterocycles. The Bertz CT molecular complexity index is 998. The third kappa shape index (κ3) is 4.97. The molecular weight excluding hydrogens is 346 g/mol. The first kappa shape index (κ1) is 19.6. The number of amides is 1. The molecule has 4 heteroatoms.